The Morgan fingerprint density at radius 3 is 2.87 bits per heavy atom. The highest BCUT2D eigenvalue weighted by atomic mass is 16.5. The van der Waals surface area contributed by atoms with Gasteiger partial charge in [-0.15, -0.1) is 0 Å². The Morgan fingerprint density at radius 2 is 2.17 bits per heavy atom. The number of carbonyl (C=O) groups excluding carboxylic acids is 1. The van der Waals surface area contributed by atoms with Crippen molar-refractivity contribution in [3.05, 3.63) is 29.6 Å². The third-order valence-corrected chi connectivity index (χ3v) is 4.62. The molecule has 6 nitrogen and oxygen atoms in total. The maximum Gasteiger partial charge on any atom is 0.269 e. The molecule has 0 bridgehead atoms. The monoisotopic (exact) mass is 319 g/mol. The third-order valence-electron chi connectivity index (χ3n) is 4.62. The molecule has 2 saturated heterocycles. The van der Waals surface area contributed by atoms with Gasteiger partial charge in [0.15, 0.2) is 0 Å². The lowest BCUT2D eigenvalue weighted by atomic mass is 9.97. The van der Waals surface area contributed by atoms with Crippen LogP contribution in [0.2, 0.25) is 0 Å². The summed E-state index contributed by atoms with van der Waals surface area (Å²) in [5.74, 6) is 0.366. The Bertz CT molecular complexity index is 526. The van der Waals surface area contributed by atoms with Crippen LogP contribution in [-0.4, -0.2) is 67.9 Å². The summed E-state index contributed by atoms with van der Waals surface area (Å²) in [7, 11) is 0. The average Bonchev–Trinajstić information content (AvgIpc) is 3.10. The van der Waals surface area contributed by atoms with Crippen molar-refractivity contribution in [1.29, 1.82) is 0 Å². The molecular formula is C17H25N3O3. The second-order valence-electron chi connectivity index (χ2n) is 6.21. The highest BCUT2D eigenvalue weighted by molar-refractivity contribution is 5.92. The van der Waals surface area contributed by atoms with Crippen molar-refractivity contribution in [2.45, 2.75) is 19.4 Å². The fraction of sp³-hybridized carbons (Fsp3) is 0.647. The number of amides is 1. The molecule has 2 aliphatic heterocycles. The summed E-state index contributed by atoms with van der Waals surface area (Å²) in [5, 5.41) is 3.06. The third kappa shape index (κ3) is 4.28. The van der Waals surface area contributed by atoms with Gasteiger partial charge >= 0.3 is 0 Å². The predicted molar refractivity (Wildman–Crippen MR) is 86.4 cm³/mol. The maximum atomic E-state index is 12.4. The largest absolute Gasteiger partial charge is 0.381 e. The summed E-state index contributed by atoms with van der Waals surface area (Å²) in [6.07, 6.45) is 1.06. The number of aromatic nitrogens is 1. The summed E-state index contributed by atoms with van der Waals surface area (Å²) in [5.41, 5.74) is 1.33. The van der Waals surface area contributed by atoms with Crippen LogP contribution in [0, 0.1) is 12.8 Å². The van der Waals surface area contributed by atoms with Gasteiger partial charge in [0.1, 0.15) is 5.69 Å². The van der Waals surface area contributed by atoms with Crippen molar-refractivity contribution < 1.29 is 14.3 Å². The molecule has 23 heavy (non-hydrogen) atoms. The molecule has 3 rings (SSSR count). The van der Waals surface area contributed by atoms with Crippen molar-refractivity contribution in [1.82, 2.24) is 15.2 Å². The minimum atomic E-state index is -0.106. The molecule has 2 atom stereocenters. The molecule has 0 saturated carbocycles. The van der Waals surface area contributed by atoms with E-state index < -0.39 is 0 Å². The van der Waals surface area contributed by atoms with Gasteiger partial charge in [-0.25, -0.2) is 4.98 Å². The van der Waals surface area contributed by atoms with Crippen LogP contribution in [-0.2, 0) is 9.47 Å². The van der Waals surface area contributed by atoms with Gasteiger partial charge in [-0.3, -0.25) is 9.69 Å². The highest BCUT2D eigenvalue weighted by Gasteiger charge is 2.31. The maximum absolute atomic E-state index is 12.4. The van der Waals surface area contributed by atoms with Crippen molar-refractivity contribution >= 4 is 5.91 Å². The standard InChI is InChI=1S/C17H25N3O3/c1-13-3-2-4-15(19-13)17(21)18-11-16(14-5-8-23-12-14)20-6-9-22-10-7-20/h2-4,14,16H,5-12H2,1H3,(H,18,21)/t14-,16+/m0/s1. The van der Waals surface area contributed by atoms with Crippen LogP contribution in [0.25, 0.3) is 0 Å². The lowest BCUT2D eigenvalue weighted by Gasteiger charge is -2.37. The Morgan fingerprint density at radius 1 is 1.35 bits per heavy atom. The molecule has 0 aromatic carbocycles. The first kappa shape index (κ1) is 16.4. The minimum absolute atomic E-state index is 0.106. The number of nitrogens with zero attached hydrogens (tertiary/aromatic N) is 2. The van der Waals surface area contributed by atoms with Crippen molar-refractivity contribution in [3.63, 3.8) is 0 Å². The van der Waals surface area contributed by atoms with E-state index in [1.165, 1.54) is 0 Å². The fourth-order valence-corrected chi connectivity index (χ4v) is 3.32. The van der Waals surface area contributed by atoms with E-state index in [1.807, 2.05) is 19.1 Å². The van der Waals surface area contributed by atoms with E-state index in [2.05, 4.69) is 15.2 Å². The zero-order chi connectivity index (χ0) is 16.1. The molecule has 1 amide bonds. The van der Waals surface area contributed by atoms with Crippen LogP contribution in [0.4, 0.5) is 0 Å². The Hall–Kier alpha value is -1.50. The highest BCUT2D eigenvalue weighted by Crippen LogP contribution is 2.21. The number of aryl methyl sites for hydroxylation is 1. The predicted octanol–water partition coefficient (Wildman–Crippen LogP) is 0.857. The van der Waals surface area contributed by atoms with Gasteiger partial charge < -0.3 is 14.8 Å². The van der Waals surface area contributed by atoms with Crippen LogP contribution in [0.3, 0.4) is 0 Å². The molecule has 0 spiro atoms. The molecule has 1 aromatic rings. The van der Waals surface area contributed by atoms with E-state index >= 15 is 0 Å². The lowest BCUT2D eigenvalue weighted by molar-refractivity contribution is 0.00165. The van der Waals surface area contributed by atoms with Crippen molar-refractivity contribution in [2.24, 2.45) is 5.92 Å². The second kappa shape index (κ2) is 7.86. The fourth-order valence-electron chi connectivity index (χ4n) is 3.32. The molecule has 1 aromatic heterocycles. The van der Waals surface area contributed by atoms with Crippen LogP contribution in [0.5, 0.6) is 0 Å². The van der Waals surface area contributed by atoms with E-state index in [4.69, 9.17) is 9.47 Å². The van der Waals surface area contributed by atoms with Gasteiger partial charge in [-0.2, -0.15) is 0 Å². The summed E-state index contributed by atoms with van der Waals surface area (Å²) in [6.45, 7) is 7.47. The number of carbonyl (C=O) groups is 1. The SMILES string of the molecule is Cc1cccc(C(=O)NC[C@H]([C@H]2CCOC2)N2CCOCC2)n1. The van der Waals surface area contributed by atoms with E-state index in [9.17, 15) is 4.79 Å². The summed E-state index contributed by atoms with van der Waals surface area (Å²) in [4.78, 5) is 19.1. The van der Waals surface area contributed by atoms with Crippen LogP contribution < -0.4 is 5.32 Å². The van der Waals surface area contributed by atoms with Crippen LogP contribution in [0.15, 0.2) is 18.2 Å². The quantitative estimate of drug-likeness (QED) is 0.872. The van der Waals surface area contributed by atoms with Crippen LogP contribution >= 0.6 is 0 Å². The summed E-state index contributed by atoms with van der Waals surface area (Å²) >= 11 is 0. The average molecular weight is 319 g/mol. The normalized spacial score (nSPS) is 23.6. The first-order chi connectivity index (χ1) is 11.2. The smallest absolute Gasteiger partial charge is 0.269 e. The molecule has 3 heterocycles. The summed E-state index contributed by atoms with van der Waals surface area (Å²) in [6, 6.07) is 5.81. The molecule has 0 aliphatic carbocycles. The van der Waals surface area contributed by atoms with E-state index in [0.29, 0.717) is 24.2 Å². The Kier molecular flexibility index (Phi) is 5.59. The number of nitrogens with one attached hydrogen (secondary N) is 1. The van der Waals surface area contributed by atoms with E-state index in [1.54, 1.807) is 6.07 Å². The molecule has 2 aliphatic rings. The molecular weight excluding hydrogens is 294 g/mol. The lowest BCUT2D eigenvalue weighted by Crippen LogP contribution is -2.52. The van der Waals surface area contributed by atoms with Crippen molar-refractivity contribution in [3.8, 4) is 0 Å². The minimum Gasteiger partial charge on any atom is -0.381 e. The molecule has 0 radical (unpaired) electrons. The van der Waals surface area contributed by atoms with Gasteiger partial charge in [0, 0.05) is 43.9 Å². The number of morpholine rings is 1. The van der Waals surface area contributed by atoms with Gasteiger partial charge in [0.2, 0.25) is 0 Å². The van der Waals surface area contributed by atoms with Gasteiger partial charge in [0.05, 0.1) is 19.8 Å². The van der Waals surface area contributed by atoms with Gasteiger partial charge in [0.25, 0.3) is 5.91 Å². The van der Waals surface area contributed by atoms with Gasteiger partial charge in [-0.1, -0.05) is 6.07 Å². The first-order valence-electron chi connectivity index (χ1n) is 8.35. The van der Waals surface area contributed by atoms with Crippen LogP contribution in [0.1, 0.15) is 22.6 Å². The van der Waals surface area contributed by atoms with Crippen molar-refractivity contribution in [2.75, 3.05) is 46.1 Å². The topological polar surface area (TPSA) is 63.7 Å². The molecule has 126 valence electrons. The number of hydrogen-bond acceptors (Lipinski definition) is 5. The number of hydrogen-bond donors (Lipinski definition) is 1. The zero-order valence-electron chi connectivity index (χ0n) is 13.7. The molecule has 1 N–H and O–H groups in total. The molecule has 6 heteroatoms. The van der Waals surface area contributed by atoms with Gasteiger partial charge in [-0.05, 0) is 25.5 Å². The molecule has 2 fully saturated rings. The van der Waals surface area contributed by atoms with E-state index in [-0.39, 0.29) is 5.91 Å². The second-order valence-corrected chi connectivity index (χ2v) is 6.21. The molecule has 0 unspecified atom stereocenters. The summed E-state index contributed by atoms with van der Waals surface area (Å²) < 4.78 is 11.0. The Balaban J connectivity index is 1.62. The Labute approximate surface area is 137 Å². The zero-order valence-corrected chi connectivity index (χ0v) is 13.7. The number of ether oxygens (including phenoxy) is 2. The first-order valence-corrected chi connectivity index (χ1v) is 8.35. The van der Waals surface area contributed by atoms with E-state index in [0.717, 1.165) is 51.6 Å². The number of rotatable bonds is 5. The number of pyridine rings is 1.